The molecule has 1 aliphatic rings. The van der Waals surface area contributed by atoms with Crippen molar-refractivity contribution in [3.8, 4) is 0 Å². The number of hydrogen-bond donors (Lipinski definition) is 2. The van der Waals surface area contributed by atoms with Crippen LogP contribution in [0.2, 0.25) is 0 Å². The number of nitrogens with one attached hydrogen (secondary N) is 2. The fourth-order valence-electron chi connectivity index (χ4n) is 3.18. The molecule has 0 radical (unpaired) electrons. The van der Waals surface area contributed by atoms with E-state index >= 15 is 0 Å². The van der Waals surface area contributed by atoms with Crippen molar-refractivity contribution in [2.75, 3.05) is 44.4 Å². The Labute approximate surface area is 165 Å². The minimum absolute atomic E-state index is 0.0879. The molecule has 0 saturated carbocycles. The van der Waals surface area contributed by atoms with Crippen molar-refractivity contribution in [3.05, 3.63) is 42.6 Å². The number of amides is 3. The van der Waals surface area contributed by atoms with Gasteiger partial charge in [0.2, 0.25) is 5.91 Å². The average molecular weight is 384 g/mol. The fraction of sp³-hybridized carbons (Fsp3) is 0.450. The Balaban J connectivity index is 1.52. The molecule has 3 rings (SSSR count). The second-order valence-electron chi connectivity index (χ2n) is 7.34. The molecule has 28 heavy (non-hydrogen) atoms. The molecule has 3 amide bonds. The lowest BCUT2D eigenvalue weighted by atomic mass is 9.97. The Bertz CT molecular complexity index is 789. The number of hydrogen-bond acceptors (Lipinski definition) is 4. The largest absolute Gasteiger partial charge is 0.324 e. The van der Waals surface area contributed by atoms with Crippen LogP contribution >= 0.6 is 0 Å². The second-order valence-corrected chi connectivity index (χ2v) is 7.34. The number of rotatable bonds is 6. The summed E-state index contributed by atoms with van der Waals surface area (Å²) >= 11 is 0. The predicted molar refractivity (Wildman–Crippen MR) is 109 cm³/mol. The summed E-state index contributed by atoms with van der Waals surface area (Å²) in [5.74, 6) is 0.229. The van der Waals surface area contributed by atoms with E-state index in [1.54, 1.807) is 11.0 Å². The SMILES string of the molecule is CN(C)CCn1ccc(NC(=O)[C@H]2CCCN(C(=O)Nc3ccccc3)C2)n1. The maximum atomic E-state index is 12.6. The number of carbonyl (C=O) groups excluding carboxylic acids is 2. The molecule has 150 valence electrons. The summed E-state index contributed by atoms with van der Waals surface area (Å²) in [6.45, 7) is 2.70. The molecule has 1 aliphatic heterocycles. The monoisotopic (exact) mass is 384 g/mol. The summed E-state index contributed by atoms with van der Waals surface area (Å²) in [5, 5.41) is 10.2. The molecule has 0 unspecified atom stereocenters. The highest BCUT2D eigenvalue weighted by atomic mass is 16.2. The summed E-state index contributed by atoms with van der Waals surface area (Å²) in [7, 11) is 4.02. The van der Waals surface area contributed by atoms with Gasteiger partial charge in [0.15, 0.2) is 5.82 Å². The summed E-state index contributed by atoms with van der Waals surface area (Å²) in [4.78, 5) is 28.9. The lowest BCUT2D eigenvalue weighted by Gasteiger charge is -2.31. The van der Waals surface area contributed by atoms with Gasteiger partial charge < -0.3 is 20.4 Å². The molecule has 1 saturated heterocycles. The Morgan fingerprint density at radius 1 is 1.18 bits per heavy atom. The number of likely N-dealkylation sites (tertiary alicyclic amines) is 1. The molecular formula is C20H28N6O2. The van der Waals surface area contributed by atoms with Gasteiger partial charge in [0.05, 0.1) is 12.5 Å². The molecule has 1 fully saturated rings. The van der Waals surface area contributed by atoms with Crippen molar-refractivity contribution < 1.29 is 9.59 Å². The first-order valence-corrected chi connectivity index (χ1v) is 9.61. The van der Waals surface area contributed by atoms with Crippen LogP contribution < -0.4 is 10.6 Å². The van der Waals surface area contributed by atoms with Gasteiger partial charge in [0.25, 0.3) is 0 Å². The molecule has 8 heteroatoms. The van der Waals surface area contributed by atoms with Crippen molar-refractivity contribution in [1.29, 1.82) is 0 Å². The summed E-state index contributed by atoms with van der Waals surface area (Å²) in [6.07, 6.45) is 3.43. The van der Waals surface area contributed by atoms with Crippen molar-refractivity contribution in [3.63, 3.8) is 0 Å². The van der Waals surface area contributed by atoms with Crippen molar-refractivity contribution in [2.45, 2.75) is 19.4 Å². The number of urea groups is 1. The normalized spacial score (nSPS) is 16.8. The molecule has 0 spiro atoms. The Morgan fingerprint density at radius 2 is 1.96 bits per heavy atom. The van der Waals surface area contributed by atoms with Gasteiger partial charge in [-0.25, -0.2) is 4.79 Å². The zero-order valence-electron chi connectivity index (χ0n) is 16.5. The third kappa shape index (κ3) is 5.56. The molecule has 1 aromatic heterocycles. The summed E-state index contributed by atoms with van der Waals surface area (Å²) in [5.41, 5.74) is 0.752. The van der Waals surface area contributed by atoms with E-state index in [0.29, 0.717) is 18.9 Å². The summed E-state index contributed by atoms with van der Waals surface area (Å²) < 4.78 is 1.82. The van der Waals surface area contributed by atoms with E-state index in [9.17, 15) is 9.59 Å². The van der Waals surface area contributed by atoms with Crippen molar-refractivity contribution in [1.82, 2.24) is 19.6 Å². The number of carbonyl (C=O) groups is 2. The van der Waals surface area contributed by atoms with Gasteiger partial charge in [-0.3, -0.25) is 9.48 Å². The average Bonchev–Trinajstić information content (AvgIpc) is 3.14. The van der Waals surface area contributed by atoms with E-state index in [0.717, 1.165) is 31.6 Å². The third-order valence-electron chi connectivity index (χ3n) is 4.77. The second kappa shape index (κ2) is 9.36. The van der Waals surface area contributed by atoms with Crippen LogP contribution in [0.4, 0.5) is 16.3 Å². The fourth-order valence-corrected chi connectivity index (χ4v) is 3.18. The maximum absolute atomic E-state index is 12.6. The number of aromatic nitrogens is 2. The molecule has 1 aromatic carbocycles. The molecule has 2 heterocycles. The number of likely N-dealkylation sites (N-methyl/N-ethyl adjacent to an activating group) is 1. The van der Waals surface area contributed by atoms with Gasteiger partial charge in [-0.2, -0.15) is 5.10 Å². The minimum Gasteiger partial charge on any atom is -0.324 e. The van der Waals surface area contributed by atoms with Crippen LogP contribution in [0.15, 0.2) is 42.6 Å². The highest BCUT2D eigenvalue weighted by molar-refractivity contribution is 5.93. The third-order valence-corrected chi connectivity index (χ3v) is 4.77. The van der Waals surface area contributed by atoms with Crippen LogP contribution in [-0.4, -0.2) is 65.2 Å². The molecule has 2 N–H and O–H groups in total. The first kappa shape index (κ1) is 19.9. The molecule has 2 aromatic rings. The van der Waals surface area contributed by atoms with Gasteiger partial charge in [0, 0.05) is 37.6 Å². The molecular weight excluding hydrogens is 356 g/mol. The van der Waals surface area contributed by atoms with E-state index in [1.807, 2.05) is 55.3 Å². The van der Waals surface area contributed by atoms with Gasteiger partial charge in [-0.05, 0) is 39.1 Å². The molecule has 1 atom stereocenters. The van der Waals surface area contributed by atoms with E-state index in [-0.39, 0.29) is 17.9 Å². The van der Waals surface area contributed by atoms with Gasteiger partial charge in [-0.15, -0.1) is 0 Å². The highest BCUT2D eigenvalue weighted by Gasteiger charge is 2.28. The number of para-hydroxylation sites is 1. The van der Waals surface area contributed by atoms with Crippen LogP contribution in [0, 0.1) is 5.92 Å². The standard InChI is InChI=1S/C20H28N6O2/c1-24(2)13-14-26-12-10-18(23-26)22-19(27)16-7-6-11-25(15-16)20(28)21-17-8-4-3-5-9-17/h3-5,8-10,12,16H,6-7,11,13-15H2,1-2H3,(H,21,28)(H,22,23,27)/t16-/m0/s1. The number of benzene rings is 1. The highest BCUT2D eigenvalue weighted by Crippen LogP contribution is 2.19. The number of anilines is 2. The Hall–Kier alpha value is -2.87. The van der Waals surface area contributed by atoms with Crippen molar-refractivity contribution in [2.24, 2.45) is 5.92 Å². The lowest BCUT2D eigenvalue weighted by Crippen LogP contribution is -2.45. The van der Waals surface area contributed by atoms with Crippen LogP contribution in [-0.2, 0) is 11.3 Å². The molecule has 0 aliphatic carbocycles. The molecule has 0 bridgehead atoms. The van der Waals surface area contributed by atoms with Crippen molar-refractivity contribution >= 4 is 23.4 Å². The molecule has 8 nitrogen and oxygen atoms in total. The van der Waals surface area contributed by atoms with Crippen LogP contribution in [0.25, 0.3) is 0 Å². The van der Waals surface area contributed by atoms with Crippen LogP contribution in [0.5, 0.6) is 0 Å². The van der Waals surface area contributed by atoms with E-state index in [2.05, 4.69) is 20.6 Å². The predicted octanol–water partition coefficient (Wildman–Crippen LogP) is 2.33. The Morgan fingerprint density at radius 3 is 2.71 bits per heavy atom. The Kier molecular flexibility index (Phi) is 6.65. The van der Waals surface area contributed by atoms with Gasteiger partial charge in [0.1, 0.15) is 0 Å². The van der Waals surface area contributed by atoms with Crippen LogP contribution in [0.1, 0.15) is 12.8 Å². The quantitative estimate of drug-likeness (QED) is 0.801. The van der Waals surface area contributed by atoms with E-state index < -0.39 is 0 Å². The summed E-state index contributed by atoms with van der Waals surface area (Å²) in [6, 6.07) is 11.0. The zero-order chi connectivity index (χ0) is 19.9. The smallest absolute Gasteiger partial charge is 0.321 e. The zero-order valence-corrected chi connectivity index (χ0v) is 16.5. The minimum atomic E-state index is -0.234. The maximum Gasteiger partial charge on any atom is 0.321 e. The number of nitrogens with zero attached hydrogens (tertiary/aromatic N) is 4. The first-order valence-electron chi connectivity index (χ1n) is 9.61. The number of piperidine rings is 1. The lowest BCUT2D eigenvalue weighted by molar-refractivity contribution is -0.121. The van der Waals surface area contributed by atoms with Gasteiger partial charge >= 0.3 is 6.03 Å². The van der Waals surface area contributed by atoms with E-state index in [4.69, 9.17) is 0 Å². The van der Waals surface area contributed by atoms with Gasteiger partial charge in [-0.1, -0.05) is 18.2 Å². The topological polar surface area (TPSA) is 82.5 Å². The van der Waals surface area contributed by atoms with Crippen LogP contribution in [0.3, 0.4) is 0 Å². The first-order chi connectivity index (χ1) is 13.5. The van der Waals surface area contributed by atoms with E-state index in [1.165, 1.54) is 0 Å².